The lowest BCUT2D eigenvalue weighted by Gasteiger charge is -1.93. The molecule has 1 aliphatic heterocycles. The Hall–Kier alpha value is -2.76. The topological polar surface area (TPSA) is 56.7 Å². The van der Waals surface area contributed by atoms with Crippen molar-refractivity contribution in [3.63, 3.8) is 0 Å². The molecule has 0 amide bonds. The summed E-state index contributed by atoms with van der Waals surface area (Å²) in [6, 6.07) is 3.56. The zero-order valence-electron chi connectivity index (χ0n) is 8.88. The number of nitrogens with zero attached hydrogens (tertiary/aromatic N) is 3. The van der Waals surface area contributed by atoms with Crippen LogP contribution in [0.5, 0.6) is 0 Å². The van der Waals surface area contributed by atoms with E-state index in [1.165, 1.54) is 0 Å². The molecule has 0 bridgehead atoms. The van der Waals surface area contributed by atoms with Gasteiger partial charge in [0.2, 0.25) is 0 Å². The number of pyridine rings is 1. The van der Waals surface area contributed by atoms with Crippen LogP contribution in [0.3, 0.4) is 0 Å². The second-order valence-corrected chi connectivity index (χ2v) is 3.53. The number of nitrogens with two attached hydrogens (primary N) is 1. The van der Waals surface area contributed by atoms with Gasteiger partial charge in [0.15, 0.2) is 0 Å². The Bertz CT molecular complexity index is 707. The van der Waals surface area contributed by atoms with Gasteiger partial charge in [-0.05, 0) is 18.1 Å². The molecule has 17 heavy (non-hydrogen) atoms. The smallest absolute Gasteiger partial charge is 0.146 e. The molecular formula is C13H8N4. The molecule has 0 spiro atoms. The van der Waals surface area contributed by atoms with Crippen molar-refractivity contribution in [2.75, 3.05) is 5.73 Å². The molecule has 0 aliphatic carbocycles. The van der Waals surface area contributed by atoms with Crippen LogP contribution >= 0.6 is 0 Å². The van der Waals surface area contributed by atoms with Crippen LogP contribution in [0.1, 0.15) is 17.1 Å². The number of imidazole rings is 1. The lowest BCUT2D eigenvalue weighted by Crippen LogP contribution is -1.91. The SMILES string of the molecule is Nc1cc(C#Cc2cnc3n2C=C=C3)ccn1. The Balaban J connectivity index is 1.96. The molecule has 0 atom stereocenters. The van der Waals surface area contributed by atoms with Crippen LogP contribution in [0, 0.1) is 11.8 Å². The van der Waals surface area contributed by atoms with Crippen LogP contribution in [0.4, 0.5) is 5.82 Å². The molecule has 4 nitrogen and oxygen atoms in total. The Morgan fingerprint density at radius 3 is 3.12 bits per heavy atom. The summed E-state index contributed by atoms with van der Waals surface area (Å²) in [6.45, 7) is 0. The first kappa shape index (κ1) is 9.46. The van der Waals surface area contributed by atoms with Crippen LogP contribution in [-0.4, -0.2) is 14.5 Å². The molecule has 1 aliphatic rings. The zero-order valence-corrected chi connectivity index (χ0v) is 8.88. The second-order valence-electron chi connectivity index (χ2n) is 3.53. The molecule has 0 aromatic carbocycles. The zero-order chi connectivity index (χ0) is 11.7. The molecule has 3 heterocycles. The van der Waals surface area contributed by atoms with E-state index in [1.54, 1.807) is 18.5 Å². The third-order valence-electron chi connectivity index (χ3n) is 2.36. The van der Waals surface area contributed by atoms with Crippen LogP contribution in [-0.2, 0) is 0 Å². The highest BCUT2D eigenvalue weighted by Gasteiger charge is 2.05. The fourth-order valence-corrected chi connectivity index (χ4v) is 1.56. The number of rotatable bonds is 0. The molecule has 0 fully saturated rings. The summed E-state index contributed by atoms with van der Waals surface area (Å²) in [6.07, 6.45) is 7.01. The number of hydrogen-bond donors (Lipinski definition) is 1. The number of anilines is 1. The molecule has 80 valence electrons. The fourth-order valence-electron chi connectivity index (χ4n) is 1.56. The predicted molar refractivity (Wildman–Crippen MR) is 65.6 cm³/mol. The molecule has 4 heteroatoms. The highest BCUT2D eigenvalue weighted by atomic mass is 15.1. The largest absolute Gasteiger partial charge is 0.384 e. The van der Waals surface area contributed by atoms with Crippen molar-refractivity contribution in [1.29, 1.82) is 0 Å². The van der Waals surface area contributed by atoms with Gasteiger partial charge in [0, 0.05) is 17.8 Å². The maximum absolute atomic E-state index is 5.58. The minimum atomic E-state index is 0.469. The first-order valence-corrected chi connectivity index (χ1v) is 5.06. The van der Waals surface area contributed by atoms with E-state index in [1.807, 2.05) is 22.9 Å². The summed E-state index contributed by atoms with van der Waals surface area (Å²) >= 11 is 0. The molecule has 0 radical (unpaired) electrons. The van der Waals surface area contributed by atoms with E-state index in [4.69, 9.17) is 5.73 Å². The van der Waals surface area contributed by atoms with Crippen LogP contribution in [0.25, 0.3) is 12.3 Å². The van der Waals surface area contributed by atoms with Gasteiger partial charge in [-0.15, -0.1) is 0 Å². The number of hydrogen-bond acceptors (Lipinski definition) is 3. The van der Waals surface area contributed by atoms with Crippen LogP contribution in [0.2, 0.25) is 0 Å². The van der Waals surface area contributed by atoms with E-state index in [0.29, 0.717) is 5.82 Å². The maximum Gasteiger partial charge on any atom is 0.146 e. The highest BCUT2D eigenvalue weighted by Crippen LogP contribution is 2.11. The molecule has 0 unspecified atom stereocenters. The van der Waals surface area contributed by atoms with Gasteiger partial charge in [-0.1, -0.05) is 11.7 Å². The van der Waals surface area contributed by atoms with E-state index in [0.717, 1.165) is 17.1 Å². The van der Waals surface area contributed by atoms with Gasteiger partial charge in [-0.3, -0.25) is 4.57 Å². The Labute approximate surface area is 98.1 Å². The molecule has 2 aromatic rings. The van der Waals surface area contributed by atoms with E-state index in [9.17, 15) is 0 Å². The normalized spacial score (nSPS) is 11.1. The maximum atomic E-state index is 5.58. The van der Waals surface area contributed by atoms with Crippen LogP contribution < -0.4 is 5.73 Å². The van der Waals surface area contributed by atoms with Crippen molar-refractivity contribution in [2.24, 2.45) is 0 Å². The average Bonchev–Trinajstić information content (AvgIpc) is 2.89. The van der Waals surface area contributed by atoms with Gasteiger partial charge in [0.05, 0.1) is 12.4 Å². The number of fused-ring (bicyclic) bond motifs is 1. The van der Waals surface area contributed by atoms with Crippen LogP contribution in [0.15, 0.2) is 30.3 Å². The van der Waals surface area contributed by atoms with Gasteiger partial charge in [-0.25, -0.2) is 9.97 Å². The standard InChI is InChI=1S/C13H8N4/c14-12-8-10(5-6-15-12)3-4-11-9-16-13-2-1-7-17(11)13/h2,5-9H,(H2,14,15). The molecule has 2 N–H and O–H groups in total. The lowest BCUT2D eigenvalue weighted by atomic mass is 10.2. The molecule has 0 saturated carbocycles. The van der Waals surface area contributed by atoms with Gasteiger partial charge in [0.25, 0.3) is 0 Å². The van der Waals surface area contributed by atoms with E-state index >= 15 is 0 Å². The van der Waals surface area contributed by atoms with E-state index in [-0.39, 0.29) is 0 Å². The Morgan fingerprint density at radius 1 is 1.29 bits per heavy atom. The van der Waals surface area contributed by atoms with Gasteiger partial charge in [0.1, 0.15) is 17.3 Å². The average molecular weight is 220 g/mol. The van der Waals surface area contributed by atoms with Gasteiger partial charge in [-0.2, -0.15) is 0 Å². The van der Waals surface area contributed by atoms with Crippen molar-refractivity contribution < 1.29 is 0 Å². The minimum absolute atomic E-state index is 0.469. The summed E-state index contributed by atoms with van der Waals surface area (Å²) in [5.74, 6) is 7.39. The summed E-state index contributed by atoms with van der Waals surface area (Å²) < 4.78 is 1.89. The van der Waals surface area contributed by atoms with Crippen molar-refractivity contribution in [3.05, 3.63) is 47.3 Å². The van der Waals surface area contributed by atoms with Crippen molar-refractivity contribution in [1.82, 2.24) is 14.5 Å². The van der Waals surface area contributed by atoms with Gasteiger partial charge >= 0.3 is 0 Å². The summed E-state index contributed by atoms with van der Waals surface area (Å²) in [7, 11) is 0. The Morgan fingerprint density at radius 2 is 2.24 bits per heavy atom. The van der Waals surface area contributed by atoms with Crippen molar-refractivity contribution >= 4 is 18.1 Å². The summed E-state index contributed by atoms with van der Waals surface area (Å²) in [5, 5.41) is 0. The minimum Gasteiger partial charge on any atom is -0.384 e. The van der Waals surface area contributed by atoms with E-state index < -0.39 is 0 Å². The first-order chi connectivity index (χ1) is 8.33. The van der Waals surface area contributed by atoms with Crippen molar-refractivity contribution in [3.8, 4) is 11.8 Å². The number of nitrogen functional groups attached to an aromatic ring is 1. The molecular weight excluding hydrogens is 212 g/mol. The monoisotopic (exact) mass is 220 g/mol. The summed E-state index contributed by atoms with van der Waals surface area (Å²) in [4.78, 5) is 8.11. The third-order valence-corrected chi connectivity index (χ3v) is 2.36. The Kier molecular flexibility index (Phi) is 2.04. The van der Waals surface area contributed by atoms with Gasteiger partial charge < -0.3 is 5.73 Å². The molecule has 0 saturated heterocycles. The molecule has 3 rings (SSSR count). The number of aromatic nitrogens is 3. The molecule has 2 aromatic heterocycles. The first-order valence-electron chi connectivity index (χ1n) is 5.06. The second kappa shape index (κ2) is 3.67. The highest BCUT2D eigenvalue weighted by molar-refractivity contribution is 5.57. The fraction of sp³-hybridized carbons (Fsp3) is 0. The predicted octanol–water partition coefficient (Wildman–Crippen LogP) is 1.36. The summed E-state index contributed by atoms with van der Waals surface area (Å²) in [5.41, 5.74) is 10.2. The quantitative estimate of drug-likeness (QED) is 0.459. The lowest BCUT2D eigenvalue weighted by molar-refractivity contribution is 1.11. The third kappa shape index (κ3) is 1.71. The van der Waals surface area contributed by atoms with Crippen molar-refractivity contribution in [2.45, 2.75) is 0 Å². The van der Waals surface area contributed by atoms with E-state index in [2.05, 4.69) is 27.5 Å².